The van der Waals surface area contributed by atoms with Gasteiger partial charge < -0.3 is 19.1 Å². The van der Waals surface area contributed by atoms with Crippen LogP contribution in [0.15, 0.2) is 18.2 Å². The van der Waals surface area contributed by atoms with Crippen molar-refractivity contribution in [2.75, 3.05) is 33.9 Å². The Labute approximate surface area is 190 Å². The summed E-state index contributed by atoms with van der Waals surface area (Å²) in [6.45, 7) is 12.9. The molecule has 1 saturated heterocycles. The highest BCUT2D eigenvalue weighted by atomic mass is 16.8. The number of carbonyl (C=O) groups is 1. The van der Waals surface area contributed by atoms with Crippen molar-refractivity contribution in [1.82, 2.24) is 10.4 Å². The van der Waals surface area contributed by atoms with Crippen molar-refractivity contribution in [1.29, 1.82) is 0 Å². The Kier molecular flexibility index (Phi) is 7.99. The molecule has 1 aromatic carbocycles. The maximum atomic E-state index is 12.2. The van der Waals surface area contributed by atoms with E-state index in [0.717, 1.165) is 24.2 Å². The Morgan fingerprint density at radius 1 is 1.22 bits per heavy atom. The van der Waals surface area contributed by atoms with Gasteiger partial charge in [-0.25, -0.2) is 16.9 Å². The largest absolute Gasteiger partial charge is 0.493 e. The molecule has 1 saturated carbocycles. The van der Waals surface area contributed by atoms with Crippen LogP contribution in [0.4, 0.5) is 0 Å². The summed E-state index contributed by atoms with van der Waals surface area (Å²) >= 11 is 0. The molecule has 3 rings (SSSR count). The first-order valence-corrected chi connectivity index (χ1v) is 11.3. The van der Waals surface area contributed by atoms with Crippen molar-refractivity contribution in [3.63, 3.8) is 0 Å². The molecule has 1 heterocycles. The number of nitrogens with one attached hydrogen (secondary N) is 1. The highest BCUT2D eigenvalue weighted by Gasteiger charge is 2.43. The lowest BCUT2D eigenvalue weighted by atomic mass is 9.81. The number of amides is 1. The Hall–Kier alpha value is -2.34. The fourth-order valence-corrected chi connectivity index (χ4v) is 4.25. The minimum absolute atomic E-state index is 0.215. The fraction of sp³-hybridized carbons (Fsp3) is 0.667. The molecule has 2 aliphatic rings. The number of ether oxygens (including phenoxy) is 3. The van der Waals surface area contributed by atoms with Crippen LogP contribution in [-0.4, -0.2) is 56.6 Å². The molecule has 8 heteroatoms. The van der Waals surface area contributed by atoms with Crippen LogP contribution in [0, 0.1) is 6.57 Å². The molecule has 1 aliphatic carbocycles. The monoisotopic (exact) mass is 445 g/mol. The summed E-state index contributed by atoms with van der Waals surface area (Å²) in [6.07, 6.45) is 6.00. The van der Waals surface area contributed by atoms with Crippen LogP contribution in [0.25, 0.3) is 4.85 Å². The molecule has 0 radical (unpaired) electrons. The lowest BCUT2D eigenvalue weighted by Gasteiger charge is -2.34. The third-order valence-electron chi connectivity index (χ3n) is 6.46. The van der Waals surface area contributed by atoms with Gasteiger partial charge in [-0.1, -0.05) is 0 Å². The van der Waals surface area contributed by atoms with E-state index < -0.39 is 11.3 Å². The van der Waals surface area contributed by atoms with Crippen molar-refractivity contribution in [2.45, 2.75) is 69.8 Å². The van der Waals surface area contributed by atoms with E-state index in [2.05, 4.69) is 10.3 Å². The number of benzene rings is 1. The van der Waals surface area contributed by atoms with Crippen molar-refractivity contribution in [2.24, 2.45) is 0 Å². The van der Waals surface area contributed by atoms with Crippen LogP contribution >= 0.6 is 0 Å². The van der Waals surface area contributed by atoms with Crippen LogP contribution < -0.4 is 15.0 Å². The van der Waals surface area contributed by atoms with Crippen molar-refractivity contribution in [3.8, 4) is 11.5 Å². The second-order valence-corrected chi connectivity index (χ2v) is 9.04. The van der Waals surface area contributed by atoms with Gasteiger partial charge in [-0.05, 0) is 57.7 Å². The first kappa shape index (κ1) is 24.3. The lowest BCUT2D eigenvalue weighted by Crippen LogP contribution is -2.46. The molecule has 0 spiro atoms. The molecule has 1 aliphatic heterocycles. The SMILES string of the molecule is [C-]#[N+]C1(c2ccc(OC)c(OC3CCCC3)c2)CCN(CC(=O)NOC(C)(C)OC)CC1. The van der Waals surface area contributed by atoms with E-state index in [-0.39, 0.29) is 18.6 Å². The standard InChI is InChI=1S/C24H35N3O5/c1-23(2,30-5)32-26-22(28)17-27-14-12-24(25-3,13-15-27)18-10-11-20(29-4)21(16-18)31-19-8-6-7-9-19/h10-11,16,19H,6-9,12-15,17H2,1-2,4-5H3,(H,26,28). The second-order valence-electron chi connectivity index (χ2n) is 9.04. The summed E-state index contributed by atoms with van der Waals surface area (Å²) in [6, 6.07) is 5.86. The van der Waals surface area contributed by atoms with Gasteiger partial charge >= 0.3 is 0 Å². The van der Waals surface area contributed by atoms with Crippen LogP contribution in [-0.2, 0) is 19.9 Å². The Morgan fingerprint density at radius 3 is 2.50 bits per heavy atom. The number of hydrogen-bond donors (Lipinski definition) is 1. The van der Waals surface area contributed by atoms with Gasteiger partial charge in [-0.3, -0.25) is 9.69 Å². The molecular weight excluding hydrogens is 410 g/mol. The zero-order valence-electron chi connectivity index (χ0n) is 19.6. The van der Waals surface area contributed by atoms with Crippen molar-refractivity contribution in [3.05, 3.63) is 35.2 Å². The summed E-state index contributed by atoms with van der Waals surface area (Å²) in [5, 5.41) is 0. The van der Waals surface area contributed by atoms with Gasteiger partial charge in [0.05, 0.1) is 19.8 Å². The van der Waals surface area contributed by atoms with E-state index in [4.69, 9.17) is 25.6 Å². The summed E-state index contributed by atoms with van der Waals surface area (Å²) < 4.78 is 16.9. The van der Waals surface area contributed by atoms with Gasteiger partial charge in [-0.15, -0.1) is 0 Å². The third-order valence-corrected chi connectivity index (χ3v) is 6.46. The van der Waals surface area contributed by atoms with Gasteiger partial charge in [0.15, 0.2) is 17.3 Å². The van der Waals surface area contributed by atoms with Gasteiger partial charge in [0, 0.05) is 38.6 Å². The normalized spacial score (nSPS) is 19.3. The van der Waals surface area contributed by atoms with Crippen LogP contribution in [0.2, 0.25) is 0 Å². The molecular formula is C24H35N3O5. The smallest absolute Gasteiger partial charge is 0.260 e. The number of methoxy groups -OCH3 is 2. The number of carbonyl (C=O) groups excluding carboxylic acids is 1. The van der Waals surface area contributed by atoms with Crippen LogP contribution in [0.5, 0.6) is 11.5 Å². The molecule has 2 fully saturated rings. The maximum Gasteiger partial charge on any atom is 0.260 e. The average molecular weight is 446 g/mol. The summed E-state index contributed by atoms with van der Waals surface area (Å²) in [4.78, 5) is 23.6. The number of hydroxylamine groups is 1. The fourth-order valence-electron chi connectivity index (χ4n) is 4.25. The molecule has 1 amide bonds. The lowest BCUT2D eigenvalue weighted by molar-refractivity contribution is -0.231. The minimum Gasteiger partial charge on any atom is -0.493 e. The van der Waals surface area contributed by atoms with E-state index >= 15 is 0 Å². The molecule has 32 heavy (non-hydrogen) atoms. The van der Waals surface area contributed by atoms with E-state index in [1.54, 1.807) is 21.0 Å². The van der Waals surface area contributed by atoms with E-state index in [9.17, 15) is 4.79 Å². The number of nitrogens with zero attached hydrogens (tertiary/aromatic N) is 2. The number of hydrogen-bond acceptors (Lipinski definition) is 6. The minimum atomic E-state index is -0.885. The summed E-state index contributed by atoms with van der Waals surface area (Å²) in [7, 11) is 3.16. The Bertz CT molecular complexity index is 821. The molecule has 0 aromatic heterocycles. The number of piperidine rings is 1. The van der Waals surface area contributed by atoms with Crippen molar-refractivity contribution < 1.29 is 23.8 Å². The quantitative estimate of drug-likeness (QED) is 0.355. The molecule has 1 N–H and O–H groups in total. The summed E-state index contributed by atoms with van der Waals surface area (Å²) in [5.41, 5.74) is 2.78. The third kappa shape index (κ3) is 5.91. The molecule has 0 unspecified atom stereocenters. The van der Waals surface area contributed by atoms with Crippen molar-refractivity contribution >= 4 is 5.91 Å². The molecule has 8 nitrogen and oxygen atoms in total. The van der Waals surface area contributed by atoms with Gasteiger partial charge in [-0.2, -0.15) is 0 Å². The van der Waals surface area contributed by atoms with E-state index in [1.165, 1.54) is 20.0 Å². The zero-order chi connectivity index (χ0) is 23.2. The summed E-state index contributed by atoms with van der Waals surface area (Å²) in [5.74, 6) is 0.305. The van der Waals surface area contributed by atoms with Gasteiger partial charge in [0.2, 0.25) is 0 Å². The average Bonchev–Trinajstić information content (AvgIpc) is 3.31. The first-order valence-electron chi connectivity index (χ1n) is 11.3. The van der Waals surface area contributed by atoms with Gasteiger partial charge in [0.1, 0.15) is 0 Å². The van der Waals surface area contributed by atoms with Crippen LogP contribution in [0.3, 0.4) is 0 Å². The highest BCUT2D eigenvalue weighted by Crippen LogP contribution is 2.41. The van der Waals surface area contributed by atoms with E-state index in [0.29, 0.717) is 31.7 Å². The topological polar surface area (TPSA) is 73.6 Å². The molecule has 0 bridgehead atoms. The number of rotatable bonds is 9. The molecule has 1 aromatic rings. The number of likely N-dealkylation sites (tertiary alicyclic amines) is 1. The Balaban J connectivity index is 1.63. The molecule has 0 atom stereocenters. The predicted octanol–water partition coefficient (Wildman–Crippen LogP) is 3.66. The van der Waals surface area contributed by atoms with Crippen LogP contribution in [0.1, 0.15) is 57.9 Å². The first-order chi connectivity index (χ1) is 15.3. The zero-order valence-corrected chi connectivity index (χ0v) is 19.6. The maximum absolute atomic E-state index is 12.2. The molecule has 176 valence electrons. The van der Waals surface area contributed by atoms with Gasteiger partial charge in [0.25, 0.3) is 11.4 Å². The highest BCUT2D eigenvalue weighted by molar-refractivity contribution is 5.77. The Morgan fingerprint density at radius 2 is 1.91 bits per heavy atom. The second kappa shape index (κ2) is 10.5. The predicted molar refractivity (Wildman–Crippen MR) is 120 cm³/mol. The van der Waals surface area contributed by atoms with E-state index in [1.807, 2.05) is 23.1 Å².